The second-order valence-electron chi connectivity index (χ2n) is 7.79. The number of nitrogens with one attached hydrogen (secondary N) is 1. The maximum Gasteiger partial charge on any atom is 0.226 e. The van der Waals surface area contributed by atoms with Gasteiger partial charge in [-0.3, -0.25) is 0 Å². The van der Waals surface area contributed by atoms with E-state index in [-0.39, 0.29) is 5.82 Å². The summed E-state index contributed by atoms with van der Waals surface area (Å²) in [6.07, 6.45) is 0.910. The summed E-state index contributed by atoms with van der Waals surface area (Å²) in [5, 5.41) is 7.86. The van der Waals surface area contributed by atoms with Gasteiger partial charge in [0, 0.05) is 26.7 Å². The molecule has 0 bridgehead atoms. The molecule has 33 heavy (non-hydrogen) atoms. The molecule has 0 spiro atoms. The molecule has 0 saturated carbocycles. The highest BCUT2D eigenvalue weighted by Crippen LogP contribution is 2.52. The molecule has 1 N–H and O–H groups in total. The molecule has 1 aromatic heterocycles. The van der Waals surface area contributed by atoms with Gasteiger partial charge in [-0.2, -0.15) is 10.1 Å². The minimum absolute atomic E-state index is 0.323. The van der Waals surface area contributed by atoms with Crippen molar-refractivity contribution in [3.8, 4) is 11.5 Å². The van der Waals surface area contributed by atoms with E-state index in [1.807, 2.05) is 48.5 Å². The van der Waals surface area contributed by atoms with E-state index in [1.54, 1.807) is 23.9 Å². The zero-order valence-corrected chi connectivity index (χ0v) is 19.1. The first-order chi connectivity index (χ1) is 16.2. The Bertz CT molecular complexity index is 1420. The number of hydrogen-bond donors (Lipinski definition) is 1. The molecule has 6 rings (SSSR count). The molecule has 2 atom stereocenters. The van der Waals surface area contributed by atoms with Crippen molar-refractivity contribution in [1.82, 2.24) is 14.8 Å². The summed E-state index contributed by atoms with van der Waals surface area (Å²) in [5.74, 6) is 1.61. The molecule has 0 fully saturated rings. The first kappa shape index (κ1) is 20.0. The van der Waals surface area contributed by atoms with E-state index in [0.717, 1.165) is 32.6 Å². The zero-order chi connectivity index (χ0) is 22.5. The summed E-state index contributed by atoms with van der Waals surface area (Å²) < 4.78 is 30.0. The topological polar surface area (TPSA) is 61.2 Å². The van der Waals surface area contributed by atoms with Gasteiger partial charge in [0.15, 0.2) is 6.10 Å². The fourth-order valence-electron chi connectivity index (χ4n) is 4.58. The monoisotopic (exact) mass is 504 g/mol. The van der Waals surface area contributed by atoms with Crippen LogP contribution >= 0.6 is 15.9 Å². The number of aromatic nitrogens is 3. The van der Waals surface area contributed by atoms with Crippen molar-refractivity contribution in [2.24, 2.45) is 0 Å². The summed E-state index contributed by atoms with van der Waals surface area (Å²) in [7, 11) is 1.63. The minimum atomic E-state index is -0.568. The Morgan fingerprint density at radius 3 is 2.73 bits per heavy atom. The highest BCUT2D eigenvalue weighted by Gasteiger charge is 2.42. The van der Waals surface area contributed by atoms with Gasteiger partial charge >= 0.3 is 0 Å². The number of rotatable bonds is 3. The van der Waals surface area contributed by atoms with Gasteiger partial charge < -0.3 is 14.8 Å². The third kappa shape index (κ3) is 3.13. The molecule has 6 nitrogen and oxygen atoms in total. The van der Waals surface area contributed by atoms with Crippen molar-refractivity contribution in [1.29, 1.82) is 0 Å². The van der Waals surface area contributed by atoms with Crippen molar-refractivity contribution >= 4 is 27.6 Å². The molecule has 0 saturated heterocycles. The van der Waals surface area contributed by atoms with Crippen LogP contribution in [0.5, 0.6) is 11.5 Å². The lowest BCUT2D eigenvalue weighted by Crippen LogP contribution is -2.33. The number of fused-ring (bicyclic) bond motifs is 3. The summed E-state index contributed by atoms with van der Waals surface area (Å²) >= 11 is 3.57. The lowest BCUT2D eigenvalue weighted by molar-refractivity contribution is 0.217. The van der Waals surface area contributed by atoms with Gasteiger partial charge in [-0.25, -0.2) is 9.07 Å². The lowest BCUT2D eigenvalue weighted by Gasteiger charge is -2.39. The summed E-state index contributed by atoms with van der Waals surface area (Å²) in [6, 6.07) is 19.7. The molecule has 0 radical (unpaired) electrons. The average Bonchev–Trinajstić information content (AvgIpc) is 3.31. The predicted octanol–water partition coefficient (Wildman–Crippen LogP) is 5.75. The van der Waals surface area contributed by atoms with E-state index in [4.69, 9.17) is 9.47 Å². The number of halogens is 2. The highest BCUT2D eigenvalue weighted by molar-refractivity contribution is 9.10. The van der Waals surface area contributed by atoms with Crippen LogP contribution in [0.15, 0.2) is 83.1 Å². The smallest absolute Gasteiger partial charge is 0.226 e. The second kappa shape index (κ2) is 7.74. The van der Waals surface area contributed by atoms with Crippen molar-refractivity contribution in [2.75, 3.05) is 12.4 Å². The Morgan fingerprint density at radius 1 is 1.06 bits per heavy atom. The number of ether oxygens (including phenoxy) is 2. The Morgan fingerprint density at radius 2 is 1.88 bits per heavy atom. The van der Waals surface area contributed by atoms with Crippen molar-refractivity contribution < 1.29 is 13.9 Å². The van der Waals surface area contributed by atoms with Crippen LogP contribution in [0.25, 0.3) is 5.70 Å². The van der Waals surface area contributed by atoms with Crippen molar-refractivity contribution in [3.63, 3.8) is 0 Å². The molecular formula is C25H18BrFN4O2. The average molecular weight is 505 g/mol. The van der Waals surface area contributed by atoms with Crippen LogP contribution in [-0.4, -0.2) is 21.9 Å². The second-order valence-corrected chi connectivity index (χ2v) is 8.70. The van der Waals surface area contributed by atoms with Gasteiger partial charge in [-0.15, -0.1) is 0 Å². The third-order valence-corrected chi connectivity index (χ3v) is 6.49. The molecule has 3 aromatic carbocycles. The third-order valence-electron chi connectivity index (χ3n) is 6.00. The molecule has 3 heterocycles. The Labute approximate surface area is 197 Å². The molecule has 4 aromatic rings. The van der Waals surface area contributed by atoms with Gasteiger partial charge in [0.25, 0.3) is 0 Å². The quantitative estimate of drug-likeness (QED) is 0.385. The molecule has 2 aliphatic rings. The Hall–Kier alpha value is -3.65. The minimum Gasteiger partial charge on any atom is -0.496 e. The summed E-state index contributed by atoms with van der Waals surface area (Å²) in [6.45, 7) is 0. The van der Waals surface area contributed by atoms with Gasteiger partial charge in [0.1, 0.15) is 29.7 Å². The maximum absolute atomic E-state index is 15.2. The van der Waals surface area contributed by atoms with Crippen LogP contribution in [0.4, 0.5) is 10.3 Å². The molecule has 8 heteroatoms. The van der Waals surface area contributed by atoms with E-state index >= 15 is 4.39 Å². The fourth-order valence-corrected chi connectivity index (χ4v) is 4.96. The van der Waals surface area contributed by atoms with Gasteiger partial charge in [0.05, 0.1) is 12.8 Å². The van der Waals surface area contributed by atoms with Crippen LogP contribution < -0.4 is 14.8 Å². The molecule has 0 aliphatic carbocycles. The number of benzene rings is 3. The Kier molecular flexibility index (Phi) is 4.69. The zero-order valence-electron chi connectivity index (χ0n) is 17.5. The SMILES string of the molecule is COc1ccc(Br)cc1[C@H]1Oc2ccccc2C2=C1[C@@H](c1ccccc1F)n1ncnc1N2. The summed E-state index contributed by atoms with van der Waals surface area (Å²) in [4.78, 5) is 4.38. The molecule has 0 unspecified atom stereocenters. The molecule has 164 valence electrons. The Balaban J connectivity index is 1.67. The maximum atomic E-state index is 15.2. The van der Waals surface area contributed by atoms with Crippen molar-refractivity contribution in [3.05, 3.63) is 106 Å². The van der Waals surface area contributed by atoms with Crippen LogP contribution in [0.3, 0.4) is 0 Å². The fraction of sp³-hybridized carbons (Fsp3) is 0.120. The lowest BCUT2D eigenvalue weighted by atomic mass is 9.84. The first-order valence-corrected chi connectivity index (χ1v) is 11.2. The standard InChI is InChI=1S/C25H18BrFN4O2/c1-32-19-11-10-14(26)12-17(19)24-21-22(16-7-3-5-9-20(16)33-24)30-25-28-13-29-31(25)23(21)15-6-2-4-8-18(15)27/h2-13,23-24H,1H3,(H,28,29,30)/t23-,24-/m1/s1. The van der Waals surface area contributed by atoms with E-state index in [0.29, 0.717) is 17.3 Å². The van der Waals surface area contributed by atoms with Crippen LogP contribution in [0.1, 0.15) is 28.8 Å². The van der Waals surface area contributed by atoms with Crippen LogP contribution in [0.2, 0.25) is 0 Å². The highest BCUT2D eigenvalue weighted by atomic mass is 79.9. The van der Waals surface area contributed by atoms with Crippen molar-refractivity contribution in [2.45, 2.75) is 12.1 Å². The molecule has 2 aliphatic heterocycles. The van der Waals surface area contributed by atoms with Crippen LogP contribution in [0, 0.1) is 5.82 Å². The van der Waals surface area contributed by atoms with E-state index < -0.39 is 12.1 Å². The molecular weight excluding hydrogens is 487 g/mol. The van der Waals surface area contributed by atoms with E-state index in [9.17, 15) is 0 Å². The first-order valence-electron chi connectivity index (χ1n) is 10.4. The number of para-hydroxylation sites is 1. The van der Waals surface area contributed by atoms with Crippen LogP contribution in [-0.2, 0) is 0 Å². The van der Waals surface area contributed by atoms with Gasteiger partial charge in [-0.1, -0.05) is 46.3 Å². The summed E-state index contributed by atoms with van der Waals surface area (Å²) in [5.41, 5.74) is 3.85. The number of anilines is 1. The van der Waals surface area contributed by atoms with E-state index in [1.165, 1.54) is 12.4 Å². The number of hydrogen-bond acceptors (Lipinski definition) is 5. The predicted molar refractivity (Wildman–Crippen MR) is 126 cm³/mol. The normalized spacial score (nSPS) is 18.5. The van der Waals surface area contributed by atoms with Gasteiger partial charge in [0.2, 0.25) is 5.95 Å². The number of nitrogens with zero attached hydrogens (tertiary/aromatic N) is 3. The van der Waals surface area contributed by atoms with E-state index in [2.05, 4.69) is 31.3 Å². The molecule has 0 amide bonds. The number of methoxy groups -OCH3 is 1. The van der Waals surface area contributed by atoms with Gasteiger partial charge in [-0.05, 0) is 36.4 Å². The largest absolute Gasteiger partial charge is 0.496 e.